The summed E-state index contributed by atoms with van der Waals surface area (Å²) >= 11 is 0. The van der Waals surface area contributed by atoms with E-state index in [-0.39, 0.29) is 0 Å². The molecule has 1 aromatic heterocycles. The third kappa shape index (κ3) is 2.12. The zero-order valence-corrected chi connectivity index (χ0v) is 7.62. The molecule has 0 aliphatic carbocycles. The van der Waals surface area contributed by atoms with Gasteiger partial charge in [-0.25, -0.2) is 4.98 Å². The molecule has 0 fully saturated rings. The number of pyridine rings is 1. The molecule has 1 heterocycles. The van der Waals surface area contributed by atoms with Gasteiger partial charge in [0.2, 0.25) is 0 Å². The number of anilines is 2. The fourth-order valence-electron chi connectivity index (χ4n) is 1.10. The zero-order valence-electron chi connectivity index (χ0n) is 7.62. The number of rotatable bonds is 3. The lowest BCUT2D eigenvalue weighted by atomic mass is 10.4. The summed E-state index contributed by atoms with van der Waals surface area (Å²) in [6, 6.07) is 5.68. The van der Waals surface area contributed by atoms with Crippen molar-refractivity contribution in [1.29, 1.82) is 0 Å². The molecule has 12 heavy (non-hydrogen) atoms. The minimum absolute atomic E-state index is 0.579. The second-order valence-corrected chi connectivity index (χ2v) is 2.84. The Hall–Kier alpha value is -1.25. The van der Waals surface area contributed by atoms with E-state index in [1.807, 2.05) is 19.2 Å². The predicted molar refractivity (Wildman–Crippen MR) is 52.2 cm³/mol. The lowest BCUT2D eigenvalue weighted by molar-refractivity contribution is 0.839. The summed E-state index contributed by atoms with van der Waals surface area (Å²) in [5.41, 5.74) is 5.55. The number of nitrogens with two attached hydrogens (primary N) is 1. The van der Waals surface area contributed by atoms with E-state index in [1.54, 1.807) is 6.07 Å². The van der Waals surface area contributed by atoms with Gasteiger partial charge in [0.1, 0.15) is 11.6 Å². The average molecular weight is 165 g/mol. The zero-order chi connectivity index (χ0) is 8.97. The van der Waals surface area contributed by atoms with Crippen molar-refractivity contribution in [2.45, 2.75) is 13.3 Å². The fourth-order valence-corrected chi connectivity index (χ4v) is 1.10. The Labute approximate surface area is 73.2 Å². The monoisotopic (exact) mass is 165 g/mol. The Bertz CT molecular complexity index is 247. The van der Waals surface area contributed by atoms with Gasteiger partial charge < -0.3 is 10.6 Å². The molecule has 1 aromatic rings. The van der Waals surface area contributed by atoms with Gasteiger partial charge in [-0.3, -0.25) is 0 Å². The van der Waals surface area contributed by atoms with Gasteiger partial charge in [-0.1, -0.05) is 13.0 Å². The molecule has 0 saturated carbocycles. The van der Waals surface area contributed by atoms with Crippen LogP contribution in [-0.2, 0) is 0 Å². The predicted octanol–water partition coefficient (Wildman–Crippen LogP) is 1.51. The third-order valence-electron chi connectivity index (χ3n) is 1.71. The van der Waals surface area contributed by atoms with Gasteiger partial charge in [0.15, 0.2) is 0 Å². The van der Waals surface area contributed by atoms with Crippen LogP contribution in [0.4, 0.5) is 11.6 Å². The molecule has 0 aliphatic heterocycles. The maximum atomic E-state index is 5.55. The first-order chi connectivity index (χ1) is 5.74. The van der Waals surface area contributed by atoms with Crippen molar-refractivity contribution in [3.05, 3.63) is 18.2 Å². The largest absolute Gasteiger partial charge is 0.384 e. The lowest BCUT2D eigenvalue weighted by Crippen LogP contribution is -2.19. The Kier molecular flexibility index (Phi) is 2.91. The van der Waals surface area contributed by atoms with Crippen molar-refractivity contribution < 1.29 is 0 Å². The average Bonchev–Trinajstić information content (AvgIpc) is 2.05. The van der Waals surface area contributed by atoms with E-state index in [9.17, 15) is 0 Å². The van der Waals surface area contributed by atoms with Crippen LogP contribution in [0.25, 0.3) is 0 Å². The van der Waals surface area contributed by atoms with Crippen molar-refractivity contribution in [3.8, 4) is 0 Å². The van der Waals surface area contributed by atoms with Crippen molar-refractivity contribution in [1.82, 2.24) is 4.98 Å². The molecule has 3 heteroatoms. The first kappa shape index (κ1) is 8.84. The van der Waals surface area contributed by atoms with Crippen molar-refractivity contribution in [2.24, 2.45) is 0 Å². The van der Waals surface area contributed by atoms with Crippen LogP contribution < -0.4 is 10.6 Å². The summed E-state index contributed by atoms with van der Waals surface area (Å²) < 4.78 is 0. The van der Waals surface area contributed by atoms with Gasteiger partial charge >= 0.3 is 0 Å². The molecule has 0 aromatic carbocycles. The second-order valence-electron chi connectivity index (χ2n) is 2.84. The van der Waals surface area contributed by atoms with E-state index in [1.165, 1.54) is 0 Å². The molecular weight excluding hydrogens is 150 g/mol. The Morgan fingerprint density at radius 2 is 2.25 bits per heavy atom. The van der Waals surface area contributed by atoms with Crippen LogP contribution >= 0.6 is 0 Å². The van der Waals surface area contributed by atoms with Gasteiger partial charge in [0.25, 0.3) is 0 Å². The van der Waals surface area contributed by atoms with E-state index in [0.29, 0.717) is 5.82 Å². The van der Waals surface area contributed by atoms with E-state index >= 15 is 0 Å². The highest BCUT2D eigenvalue weighted by atomic mass is 15.2. The molecule has 0 unspecified atom stereocenters. The normalized spacial score (nSPS) is 9.83. The summed E-state index contributed by atoms with van der Waals surface area (Å²) in [6.45, 7) is 3.15. The molecule has 0 amide bonds. The quantitative estimate of drug-likeness (QED) is 0.738. The molecule has 0 spiro atoms. The maximum absolute atomic E-state index is 5.55. The number of hydrogen-bond acceptors (Lipinski definition) is 3. The molecule has 0 bridgehead atoms. The molecule has 3 nitrogen and oxygen atoms in total. The minimum Gasteiger partial charge on any atom is -0.384 e. The van der Waals surface area contributed by atoms with E-state index in [2.05, 4.69) is 16.8 Å². The number of nitrogens with zero attached hydrogens (tertiary/aromatic N) is 2. The Balaban J connectivity index is 2.73. The van der Waals surface area contributed by atoms with Crippen LogP contribution in [0.5, 0.6) is 0 Å². The van der Waals surface area contributed by atoms with Gasteiger partial charge in [-0.15, -0.1) is 0 Å². The third-order valence-corrected chi connectivity index (χ3v) is 1.71. The fraction of sp³-hybridized carbons (Fsp3) is 0.444. The Morgan fingerprint density at radius 1 is 1.50 bits per heavy atom. The second kappa shape index (κ2) is 3.95. The molecule has 0 radical (unpaired) electrons. The summed E-state index contributed by atoms with van der Waals surface area (Å²) in [5.74, 6) is 1.52. The lowest BCUT2D eigenvalue weighted by Gasteiger charge is -2.16. The molecular formula is C9H15N3. The van der Waals surface area contributed by atoms with Crippen LogP contribution in [0.15, 0.2) is 18.2 Å². The van der Waals surface area contributed by atoms with E-state index < -0.39 is 0 Å². The topological polar surface area (TPSA) is 42.1 Å². The van der Waals surface area contributed by atoms with E-state index in [4.69, 9.17) is 5.73 Å². The van der Waals surface area contributed by atoms with E-state index in [0.717, 1.165) is 18.8 Å². The highest BCUT2D eigenvalue weighted by molar-refractivity contribution is 5.43. The first-order valence-corrected chi connectivity index (χ1v) is 4.17. The molecule has 66 valence electrons. The number of aromatic nitrogens is 1. The molecule has 1 rings (SSSR count). The Morgan fingerprint density at radius 3 is 2.83 bits per heavy atom. The van der Waals surface area contributed by atoms with Crippen LogP contribution in [-0.4, -0.2) is 18.6 Å². The summed E-state index contributed by atoms with van der Waals surface area (Å²) in [7, 11) is 2.02. The van der Waals surface area contributed by atoms with Gasteiger partial charge in [0.05, 0.1) is 0 Å². The van der Waals surface area contributed by atoms with Crippen molar-refractivity contribution in [3.63, 3.8) is 0 Å². The van der Waals surface area contributed by atoms with Gasteiger partial charge in [-0.2, -0.15) is 0 Å². The van der Waals surface area contributed by atoms with Crippen LogP contribution in [0, 0.1) is 0 Å². The van der Waals surface area contributed by atoms with Crippen LogP contribution in [0.2, 0.25) is 0 Å². The SMILES string of the molecule is CCCN(C)c1cccc(N)n1. The molecule has 0 atom stereocenters. The van der Waals surface area contributed by atoms with Gasteiger partial charge in [0, 0.05) is 13.6 Å². The summed E-state index contributed by atoms with van der Waals surface area (Å²) in [5, 5.41) is 0. The minimum atomic E-state index is 0.579. The highest BCUT2D eigenvalue weighted by Crippen LogP contribution is 2.10. The van der Waals surface area contributed by atoms with Gasteiger partial charge in [-0.05, 0) is 18.6 Å². The van der Waals surface area contributed by atoms with Crippen molar-refractivity contribution in [2.75, 3.05) is 24.2 Å². The number of nitrogen functional groups attached to an aromatic ring is 1. The summed E-state index contributed by atoms with van der Waals surface area (Å²) in [4.78, 5) is 6.29. The number of hydrogen-bond donors (Lipinski definition) is 1. The summed E-state index contributed by atoms with van der Waals surface area (Å²) in [6.07, 6.45) is 1.12. The molecule has 2 N–H and O–H groups in total. The first-order valence-electron chi connectivity index (χ1n) is 4.17. The smallest absolute Gasteiger partial charge is 0.130 e. The highest BCUT2D eigenvalue weighted by Gasteiger charge is 1.99. The standard InChI is InChI=1S/C9H15N3/c1-3-7-12(2)9-6-4-5-8(10)11-9/h4-6H,3,7H2,1-2H3,(H2,10,11). The maximum Gasteiger partial charge on any atom is 0.130 e. The molecule has 0 saturated heterocycles. The van der Waals surface area contributed by atoms with Crippen molar-refractivity contribution >= 4 is 11.6 Å². The van der Waals surface area contributed by atoms with Crippen LogP contribution in [0.3, 0.4) is 0 Å². The molecule has 0 aliphatic rings. The van der Waals surface area contributed by atoms with Crippen LogP contribution in [0.1, 0.15) is 13.3 Å².